The zero-order valence-corrected chi connectivity index (χ0v) is 17.6. The Bertz CT molecular complexity index is 1050. The second kappa shape index (κ2) is 9.27. The van der Waals surface area contributed by atoms with Crippen LogP contribution in [0.5, 0.6) is 5.75 Å². The molecule has 2 aromatic carbocycles. The van der Waals surface area contributed by atoms with Crippen LogP contribution >= 0.6 is 15.9 Å². The van der Waals surface area contributed by atoms with Crippen molar-refractivity contribution in [3.05, 3.63) is 75.1 Å². The molecule has 0 bridgehead atoms. The average Bonchev–Trinajstić information content (AvgIpc) is 2.67. The molecule has 6 nitrogen and oxygen atoms in total. The number of halogens is 1. The summed E-state index contributed by atoms with van der Waals surface area (Å²) in [4.78, 5) is 13.1. The summed E-state index contributed by atoms with van der Waals surface area (Å²) in [5.41, 5.74) is 2.36. The normalized spacial score (nSPS) is 12.0. The molecule has 1 N–H and O–H groups in total. The molecule has 0 aliphatic rings. The van der Waals surface area contributed by atoms with E-state index in [9.17, 15) is 9.00 Å². The molecule has 1 heterocycles. The molecule has 3 rings (SSSR count). The quantitative estimate of drug-likeness (QED) is 0.532. The van der Waals surface area contributed by atoms with Crippen LogP contribution in [-0.2, 0) is 16.8 Å². The molecule has 0 amide bonds. The highest BCUT2D eigenvalue weighted by Crippen LogP contribution is 2.27. The van der Waals surface area contributed by atoms with Gasteiger partial charge in [0.15, 0.2) is 16.8 Å². The maximum atomic E-state index is 13.1. The van der Waals surface area contributed by atoms with Gasteiger partial charge in [-0.15, -0.1) is 0 Å². The molecule has 0 spiro atoms. The molecular formula is C20H19BrN2O4S. The Morgan fingerprint density at radius 1 is 1.21 bits per heavy atom. The summed E-state index contributed by atoms with van der Waals surface area (Å²) in [6.07, 6.45) is 2.37. The minimum Gasteiger partial charge on any atom is -0.487 e. The van der Waals surface area contributed by atoms with E-state index in [4.69, 9.17) is 9.29 Å². The first-order valence-corrected chi connectivity index (χ1v) is 10.7. The van der Waals surface area contributed by atoms with Crippen LogP contribution in [0.15, 0.2) is 64.0 Å². The molecule has 3 aromatic rings. The summed E-state index contributed by atoms with van der Waals surface area (Å²) in [5.74, 6) is 0.290. The summed E-state index contributed by atoms with van der Waals surface area (Å²) < 4.78 is 27.9. The van der Waals surface area contributed by atoms with Gasteiger partial charge in [0.25, 0.3) is 0 Å². The zero-order valence-electron chi connectivity index (χ0n) is 15.2. The highest BCUT2D eigenvalue weighted by Gasteiger charge is 2.16. The Balaban J connectivity index is 2.07. The lowest BCUT2D eigenvalue weighted by atomic mass is 10.1. The smallest absolute Gasteiger partial charge is 0.314 e. The summed E-state index contributed by atoms with van der Waals surface area (Å²) in [7, 11) is 0. The van der Waals surface area contributed by atoms with Crippen LogP contribution in [0.25, 0.3) is 16.8 Å². The topological polar surface area (TPSA) is 81.4 Å². The van der Waals surface area contributed by atoms with Gasteiger partial charge in [-0.05, 0) is 35.7 Å². The predicted octanol–water partition coefficient (Wildman–Crippen LogP) is 4.17. The Morgan fingerprint density at radius 3 is 2.61 bits per heavy atom. The molecule has 28 heavy (non-hydrogen) atoms. The number of nitrogens with zero attached hydrogens (tertiary/aromatic N) is 2. The molecule has 1 atom stereocenters. The van der Waals surface area contributed by atoms with Crippen molar-refractivity contribution in [3.63, 3.8) is 0 Å². The van der Waals surface area contributed by atoms with Crippen LogP contribution in [0.1, 0.15) is 18.9 Å². The highest BCUT2D eigenvalue weighted by atomic mass is 79.9. The molecular weight excluding hydrogens is 444 g/mol. The molecule has 1 unspecified atom stereocenters. The first kappa shape index (κ1) is 20.4. The number of rotatable bonds is 7. The van der Waals surface area contributed by atoms with Gasteiger partial charge in [-0.25, -0.2) is 4.21 Å². The van der Waals surface area contributed by atoms with E-state index >= 15 is 0 Å². The molecule has 1 aromatic heterocycles. The standard InChI is InChI=1S/C20H19BrN2O4S/c1-2-10-27-19-18(15-8-6-14(7-9-15)13-28(25)26)12-22-23(20(19)24)17-5-3-4-16(21)11-17/h3-9,11-12H,2,10,13H2,1H3,(H,25,26). The number of aromatic nitrogens is 2. The van der Waals surface area contributed by atoms with Crippen molar-refractivity contribution in [2.45, 2.75) is 19.1 Å². The Kier molecular flexibility index (Phi) is 6.77. The largest absolute Gasteiger partial charge is 0.487 e. The second-order valence-corrected chi connectivity index (χ2v) is 7.94. The lowest BCUT2D eigenvalue weighted by molar-refractivity contribution is 0.312. The first-order valence-electron chi connectivity index (χ1n) is 8.67. The van der Waals surface area contributed by atoms with Gasteiger partial charge in [0.1, 0.15) is 0 Å². The maximum Gasteiger partial charge on any atom is 0.314 e. The second-order valence-electron chi connectivity index (χ2n) is 6.10. The Morgan fingerprint density at radius 2 is 1.96 bits per heavy atom. The molecule has 0 fully saturated rings. The van der Waals surface area contributed by atoms with E-state index in [0.29, 0.717) is 17.9 Å². The summed E-state index contributed by atoms with van der Waals surface area (Å²) in [6.45, 7) is 2.38. The van der Waals surface area contributed by atoms with Gasteiger partial charge in [-0.3, -0.25) is 4.79 Å². The highest BCUT2D eigenvalue weighted by molar-refractivity contribution is 9.10. The minimum absolute atomic E-state index is 0.0577. The lowest BCUT2D eigenvalue weighted by Crippen LogP contribution is -2.24. The molecule has 146 valence electrons. The third kappa shape index (κ3) is 4.76. The van der Waals surface area contributed by atoms with Crippen molar-refractivity contribution in [1.82, 2.24) is 9.78 Å². The van der Waals surface area contributed by atoms with Crippen LogP contribution in [0.3, 0.4) is 0 Å². The van der Waals surface area contributed by atoms with E-state index in [1.807, 2.05) is 25.1 Å². The molecule has 0 aliphatic carbocycles. The van der Waals surface area contributed by atoms with Crippen molar-refractivity contribution in [2.75, 3.05) is 6.61 Å². The average molecular weight is 463 g/mol. The van der Waals surface area contributed by atoms with Gasteiger partial charge in [-0.1, -0.05) is 53.2 Å². The summed E-state index contributed by atoms with van der Waals surface area (Å²) in [6, 6.07) is 14.4. The monoisotopic (exact) mass is 462 g/mol. The minimum atomic E-state index is -1.90. The van der Waals surface area contributed by atoms with Crippen LogP contribution in [-0.4, -0.2) is 25.1 Å². The van der Waals surface area contributed by atoms with E-state index in [2.05, 4.69) is 21.0 Å². The van der Waals surface area contributed by atoms with Crippen LogP contribution in [0, 0.1) is 0 Å². The maximum absolute atomic E-state index is 13.1. The Hall–Kier alpha value is -2.29. The van der Waals surface area contributed by atoms with Crippen LogP contribution < -0.4 is 10.3 Å². The van der Waals surface area contributed by atoms with Crippen molar-refractivity contribution in [3.8, 4) is 22.6 Å². The third-order valence-corrected chi connectivity index (χ3v) is 5.07. The lowest BCUT2D eigenvalue weighted by Gasteiger charge is -2.13. The molecule has 0 radical (unpaired) electrons. The number of hydrogen-bond donors (Lipinski definition) is 1. The van der Waals surface area contributed by atoms with Gasteiger partial charge in [0.05, 0.1) is 24.2 Å². The number of benzene rings is 2. The van der Waals surface area contributed by atoms with Gasteiger partial charge < -0.3 is 9.29 Å². The Labute approximate surface area is 173 Å². The van der Waals surface area contributed by atoms with Gasteiger partial charge in [0, 0.05) is 10.0 Å². The first-order chi connectivity index (χ1) is 13.5. The third-order valence-electron chi connectivity index (χ3n) is 3.99. The van der Waals surface area contributed by atoms with Crippen molar-refractivity contribution in [1.29, 1.82) is 0 Å². The van der Waals surface area contributed by atoms with Crippen LogP contribution in [0.4, 0.5) is 0 Å². The van der Waals surface area contributed by atoms with E-state index in [1.165, 1.54) is 4.68 Å². The molecule has 8 heteroatoms. The van der Waals surface area contributed by atoms with E-state index < -0.39 is 11.1 Å². The molecule has 0 saturated carbocycles. The van der Waals surface area contributed by atoms with Crippen molar-refractivity contribution < 1.29 is 13.5 Å². The molecule has 0 saturated heterocycles. The number of hydrogen-bond acceptors (Lipinski definition) is 4. The van der Waals surface area contributed by atoms with Crippen LogP contribution in [0.2, 0.25) is 0 Å². The molecule has 0 aliphatic heterocycles. The van der Waals surface area contributed by atoms with Crippen molar-refractivity contribution in [2.24, 2.45) is 0 Å². The van der Waals surface area contributed by atoms with E-state index in [0.717, 1.165) is 22.0 Å². The summed E-state index contributed by atoms with van der Waals surface area (Å²) >= 11 is 1.50. The number of ether oxygens (including phenoxy) is 1. The van der Waals surface area contributed by atoms with Gasteiger partial charge in [-0.2, -0.15) is 9.78 Å². The fraction of sp³-hybridized carbons (Fsp3) is 0.200. The fourth-order valence-corrected chi connectivity index (χ4v) is 3.57. The van der Waals surface area contributed by atoms with E-state index in [1.54, 1.807) is 36.5 Å². The van der Waals surface area contributed by atoms with Gasteiger partial charge >= 0.3 is 5.56 Å². The fourth-order valence-electron chi connectivity index (χ4n) is 2.70. The summed E-state index contributed by atoms with van der Waals surface area (Å²) in [5, 5.41) is 4.32. The zero-order chi connectivity index (χ0) is 20.1. The SMILES string of the molecule is CCCOc1c(-c2ccc(CS(=O)O)cc2)cnn(-c2cccc(Br)c2)c1=O. The van der Waals surface area contributed by atoms with E-state index in [-0.39, 0.29) is 17.1 Å². The van der Waals surface area contributed by atoms with Crippen molar-refractivity contribution >= 4 is 27.0 Å². The van der Waals surface area contributed by atoms with Gasteiger partial charge in [0.2, 0.25) is 0 Å². The predicted molar refractivity (Wildman–Crippen MR) is 113 cm³/mol.